The van der Waals surface area contributed by atoms with Crippen molar-refractivity contribution in [3.63, 3.8) is 0 Å². The molecule has 5 rings (SSSR count). The van der Waals surface area contributed by atoms with Gasteiger partial charge in [0.15, 0.2) is 11.5 Å². The second-order valence-corrected chi connectivity index (χ2v) is 8.33. The van der Waals surface area contributed by atoms with Crippen LogP contribution < -0.4 is 25.8 Å². The van der Waals surface area contributed by atoms with Gasteiger partial charge in [-0.05, 0) is 37.3 Å². The third-order valence-corrected chi connectivity index (χ3v) is 6.20. The zero-order valence-electron chi connectivity index (χ0n) is 19.0. The highest BCUT2D eigenvalue weighted by molar-refractivity contribution is 6.11. The molecule has 1 aliphatic heterocycles. The molecule has 0 bridgehead atoms. The zero-order valence-corrected chi connectivity index (χ0v) is 19.0. The lowest BCUT2D eigenvalue weighted by Crippen LogP contribution is -2.19. The van der Waals surface area contributed by atoms with Crippen LogP contribution >= 0.6 is 0 Å². The van der Waals surface area contributed by atoms with Crippen LogP contribution in [0.4, 0.5) is 17.2 Å². The number of rotatable bonds is 6. The number of ether oxygens (including phenoxy) is 2. The first-order valence-corrected chi connectivity index (χ1v) is 11.5. The molecule has 2 aromatic heterocycles. The van der Waals surface area contributed by atoms with E-state index >= 15 is 0 Å². The van der Waals surface area contributed by atoms with Crippen LogP contribution in [0, 0.1) is 11.3 Å². The molecule has 9 nitrogen and oxygen atoms in total. The number of nitriles is 1. The molecule has 3 heterocycles. The van der Waals surface area contributed by atoms with Gasteiger partial charge in [-0.2, -0.15) is 5.26 Å². The number of aromatic amines is 1. The van der Waals surface area contributed by atoms with E-state index in [9.17, 15) is 5.26 Å². The topological polar surface area (TPSA) is 133 Å². The summed E-state index contributed by atoms with van der Waals surface area (Å²) in [6, 6.07) is 8.46. The van der Waals surface area contributed by atoms with Crippen LogP contribution in [0.1, 0.15) is 36.8 Å². The number of fused-ring (bicyclic) bond motifs is 2. The summed E-state index contributed by atoms with van der Waals surface area (Å²) in [6.45, 7) is 0.894. The first kappa shape index (κ1) is 21.6. The molecule has 1 aromatic carbocycles. The van der Waals surface area contributed by atoms with Crippen LogP contribution in [-0.2, 0) is 0 Å². The van der Waals surface area contributed by atoms with E-state index in [0.29, 0.717) is 53.5 Å². The monoisotopic (exact) mass is 457 g/mol. The summed E-state index contributed by atoms with van der Waals surface area (Å²) in [5.41, 5.74) is 9.96. The molecule has 2 aliphatic rings. The second-order valence-electron chi connectivity index (χ2n) is 8.33. The highest BCUT2D eigenvalue weighted by Gasteiger charge is 2.23. The number of nitrogens with zero attached hydrogens (tertiary/aromatic N) is 3. The highest BCUT2D eigenvalue weighted by Crippen LogP contribution is 2.42. The molecule has 3 aromatic rings. The van der Waals surface area contributed by atoms with Gasteiger partial charge in [0, 0.05) is 30.9 Å². The minimum Gasteiger partial charge on any atom is -0.485 e. The lowest BCUT2D eigenvalue weighted by Gasteiger charge is -2.24. The predicted molar refractivity (Wildman–Crippen MR) is 133 cm³/mol. The van der Waals surface area contributed by atoms with Gasteiger partial charge in [-0.25, -0.2) is 4.98 Å². The van der Waals surface area contributed by atoms with Crippen LogP contribution in [0.3, 0.4) is 0 Å². The number of anilines is 3. The first-order chi connectivity index (χ1) is 16.7. The maximum Gasteiger partial charge on any atom is 0.185 e. The van der Waals surface area contributed by atoms with Gasteiger partial charge < -0.3 is 30.8 Å². The number of allylic oxidation sites excluding steroid dienone is 1. The largest absolute Gasteiger partial charge is 0.485 e. The minimum atomic E-state index is 0.394. The molecule has 0 atom stereocenters. The molecule has 0 saturated heterocycles. The Morgan fingerprint density at radius 1 is 1.24 bits per heavy atom. The molecule has 1 fully saturated rings. The quantitative estimate of drug-likeness (QED) is 0.408. The van der Waals surface area contributed by atoms with E-state index in [1.807, 2.05) is 18.2 Å². The first-order valence-electron chi connectivity index (χ1n) is 11.5. The predicted octanol–water partition coefficient (Wildman–Crippen LogP) is 4.20. The molecule has 1 saturated carbocycles. The summed E-state index contributed by atoms with van der Waals surface area (Å²) in [7, 11) is 1.71. The fraction of sp³-hybridized carbons (Fsp3) is 0.320. The number of nitrogens with two attached hydrogens (primary N) is 1. The average Bonchev–Trinajstić information content (AvgIpc) is 3.53. The number of aliphatic imine (C=N–C) groups is 1. The smallest absolute Gasteiger partial charge is 0.185 e. The number of H-pyrrole nitrogens is 1. The zero-order chi connectivity index (χ0) is 23.5. The lowest BCUT2D eigenvalue weighted by atomic mass is 10.1. The third kappa shape index (κ3) is 3.99. The number of hydrogen-bond donors (Lipinski definition) is 4. The molecule has 0 unspecified atom stereocenters. The van der Waals surface area contributed by atoms with Gasteiger partial charge in [0.05, 0.1) is 28.0 Å². The van der Waals surface area contributed by atoms with Crippen molar-refractivity contribution in [1.82, 2.24) is 9.97 Å². The maximum absolute atomic E-state index is 9.58. The summed E-state index contributed by atoms with van der Waals surface area (Å²) >= 11 is 0. The van der Waals surface area contributed by atoms with E-state index in [2.05, 4.69) is 26.7 Å². The Morgan fingerprint density at radius 3 is 2.76 bits per heavy atom. The number of hydrogen-bond acceptors (Lipinski definition) is 8. The van der Waals surface area contributed by atoms with Crippen LogP contribution in [-0.4, -0.2) is 42.0 Å². The Morgan fingerprint density at radius 2 is 2.03 bits per heavy atom. The molecule has 1 aliphatic carbocycles. The van der Waals surface area contributed by atoms with E-state index in [-0.39, 0.29) is 0 Å². The molecule has 34 heavy (non-hydrogen) atoms. The molecule has 0 radical (unpaired) electrons. The van der Waals surface area contributed by atoms with Crippen molar-refractivity contribution in [2.24, 2.45) is 10.7 Å². The van der Waals surface area contributed by atoms with Gasteiger partial charge in [0.1, 0.15) is 30.7 Å². The number of aromatic nitrogens is 2. The van der Waals surface area contributed by atoms with Crippen LogP contribution in [0.5, 0.6) is 11.5 Å². The number of nitrogens with one attached hydrogen (secondary N) is 3. The van der Waals surface area contributed by atoms with E-state index in [4.69, 9.17) is 20.2 Å². The van der Waals surface area contributed by atoms with Gasteiger partial charge in [-0.15, -0.1) is 0 Å². The van der Waals surface area contributed by atoms with Gasteiger partial charge in [0.2, 0.25) is 0 Å². The van der Waals surface area contributed by atoms with Crippen LogP contribution in [0.2, 0.25) is 0 Å². The van der Waals surface area contributed by atoms with Crippen LogP contribution in [0.15, 0.2) is 41.7 Å². The minimum absolute atomic E-state index is 0.394. The van der Waals surface area contributed by atoms with Crippen molar-refractivity contribution in [1.29, 1.82) is 5.26 Å². The Kier molecular flexibility index (Phi) is 5.95. The molecule has 0 amide bonds. The van der Waals surface area contributed by atoms with E-state index in [1.54, 1.807) is 19.3 Å². The highest BCUT2D eigenvalue weighted by atomic mass is 16.6. The van der Waals surface area contributed by atoms with Crippen LogP contribution in [0.25, 0.3) is 11.0 Å². The number of benzene rings is 1. The van der Waals surface area contributed by atoms with E-state index in [1.165, 1.54) is 19.0 Å². The fourth-order valence-corrected chi connectivity index (χ4v) is 4.64. The average molecular weight is 458 g/mol. The molecule has 9 heteroatoms. The van der Waals surface area contributed by atoms with Crippen molar-refractivity contribution < 1.29 is 9.47 Å². The van der Waals surface area contributed by atoms with Gasteiger partial charge in [0.25, 0.3) is 0 Å². The van der Waals surface area contributed by atoms with Crippen molar-refractivity contribution in [3.8, 4) is 17.6 Å². The maximum atomic E-state index is 9.58. The SMILES string of the molecule is CN=C(C=CN)c1ccc(Nc2cc(NC3CCCC3)c3c(C#N)c[nH]c3n2)c2c1OCCO2. The summed E-state index contributed by atoms with van der Waals surface area (Å²) < 4.78 is 12.0. The van der Waals surface area contributed by atoms with Crippen molar-refractivity contribution in [2.45, 2.75) is 31.7 Å². The second kappa shape index (κ2) is 9.35. The molecular formula is C25H27N7O2. The molecule has 5 N–H and O–H groups in total. The van der Waals surface area contributed by atoms with Crippen molar-refractivity contribution in [3.05, 3.63) is 47.8 Å². The van der Waals surface area contributed by atoms with Gasteiger partial charge >= 0.3 is 0 Å². The Labute approximate surface area is 197 Å². The van der Waals surface area contributed by atoms with Gasteiger partial charge in [-0.3, -0.25) is 4.99 Å². The standard InChI is InChI=1S/C25H27N7O2/c1-28-18(8-9-26)17-6-7-19(24-23(17)33-10-11-34-24)31-21-12-20(30-16-4-2-3-5-16)22-15(13-27)14-29-25(22)32-21/h6-9,12,14,16H,2-5,10-11,26H2,1H3,(H3,29,30,31,32). The normalized spacial score (nSPS) is 16.2. The summed E-state index contributed by atoms with van der Waals surface area (Å²) in [6.07, 6.45) is 9.56. The Bertz CT molecular complexity index is 1310. The Hall–Kier alpha value is -4.19. The molecule has 0 spiro atoms. The summed E-state index contributed by atoms with van der Waals surface area (Å²) in [5.74, 6) is 1.85. The van der Waals surface area contributed by atoms with Crippen molar-refractivity contribution >= 4 is 33.9 Å². The van der Waals surface area contributed by atoms with E-state index in [0.717, 1.165) is 35.2 Å². The third-order valence-electron chi connectivity index (χ3n) is 6.20. The fourth-order valence-electron chi connectivity index (χ4n) is 4.64. The lowest BCUT2D eigenvalue weighted by molar-refractivity contribution is 0.172. The van der Waals surface area contributed by atoms with Crippen molar-refractivity contribution in [2.75, 3.05) is 30.9 Å². The number of pyridine rings is 1. The van der Waals surface area contributed by atoms with E-state index < -0.39 is 0 Å². The molecule has 174 valence electrons. The summed E-state index contributed by atoms with van der Waals surface area (Å²) in [5, 5.41) is 17.4. The van der Waals surface area contributed by atoms with Gasteiger partial charge in [-0.1, -0.05) is 12.8 Å². The summed E-state index contributed by atoms with van der Waals surface area (Å²) in [4.78, 5) is 12.2. The molecular weight excluding hydrogens is 430 g/mol. The Balaban J connectivity index is 1.55.